The van der Waals surface area contributed by atoms with Gasteiger partial charge in [0.1, 0.15) is 5.82 Å². The monoisotopic (exact) mass is 455 g/mol. The normalized spacial score (nSPS) is 17.5. The molecule has 0 bridgehead atoms. The van der Waals surface area contributed by atoms with Crippen molar-refractivity contribution in [2.45, 2.75) is 18.9 Å². The molecule has 8 heteroatoms. The average Bonchev–Trinajstić information content (AvgIpc) is 3.23. The molecule has 0 radical (unpaired) electrons. The molecule has 1 fully saturated rings. The fraction of sp³-hybridized carbons (Fsp3) is 0.312. The SMILES string of the molecule is Clc1ccc(-n2ncc3c(NCC4CCCO4)nc(I)nc32)cc1. The summed E-state index contributed by atoms with van der Waals surface area (Å²) in [5, 5.41) is 9.45. The van der Waals surface area contributed by atoms with Crippen LogP contribution in [0.15, 0.2) is 30.5 Å². The minimum atomic E-state index is 0.249. The van der Waals surface area contributed by atoms with Crippen LogP contribution in [0.2, 0.25) is 5.02 Å². The van der Waals surface area contributed by atoms with Crippen molar-refractivity contribution in [1.29, 1.82) is 0 Å². The number of hydrogen-bond acceptors (Lipinski definition) is 5. The number of aromatic nitrogens is 4. The van der Waals surface area contributed by atoms with Crippen molar-refractivity contribution in [2.24, 2.45) is 0 Å². The van der Waals surface area contributed by atoms with Gasteiger partial charge in [0.25, 0.3) is 0 Å². The fourth-order valence-electron chi connectivity index (χ4n) is 2.80. The first-order chi connectivity index (χ1) is 11.7. The first kappa shape index (κ1) is 16.0. The number of nitrogens with one attached hydrogen (secondary N) is 1. The number of rotatable bonds is 4. The molecular weight excluding hydrogens is 441 g/mol. The van der Waals surface area contributed by atoms with Crippen LogP contribution >= 0.6 is 34.2 Å². The summed E-state index contributed by atoms with van der Waals surface area (Å²) in [4.78, 5) is 9.06. The minimum absolute atomic E-state index is 0.249. The Morgan fingerprint density at radius 1 is 1.29 bits per heavy atom. The van der Waals surface area contributed by atoms with Gasteiger partial charge in [-0.1, -0.05) is 11.6 Å². The van der Waals surface area contributed by atoms with E-state index in [0.717, 1.165) is 48.5 Å². The smallest absolute Gasteiger partial charge is 0.194 e. The molecular formula is C16H15ClIN5O. The van der Waals surface area contributed by atoms with E-state index in [1.165, 1.54) is 0 Å². The number of ether oxygens (including phenoxy) is 1. The molecule has 1 atom stereocenters. The molecule has 124 valence electrons. The maximum absolute atomic E-state index is 5.97. The Morgan fingerprint density at radius 3 is 2.88 bits per heavy atom. The van der Waals surface area contributed by atoms with Gasteiger partial charge in [-0.2, -0.15) is 5.10 Å². The van der Waals surface area contributed by atoms with Crippen molar-refractivity contribution in [3.05, 3.63) is 39.3 Å². The van der Waals surface area contributed by atoms with Crippen LogP contribution < -0.4 is 5.32 Å². The lowest BCUT2D eigenvalue weighted by atomic mass is 10.2. The van der Waals surface area contributed by atoms with Crippen LogP contribution in [-0.2, 0) is 4.74 Å². The Morgan fingerprint density at radius 2 is 2.12 bits per heavy atom. The molecule has 24 heavy (non-hydrogen) atoms. The second-order valence-corrected chi connectivity index (χ2v) is 7.03. The molecule has 0 spiro atoms. The van der Waals surface area contributed by atoms with Gasteiger partial charge in [0, 0.05) is 40.8 Å². The predicted molar refractivity (Wildman–Crippen MR) is 102 cm³/mol. The summed E-state index contributed by atoms with van der Waals surface area (Å²) >= 11 is 8.09. The van der Waals surface area contributed by atoms with Gasteiger partial charge < -0.3 is 10.1 Å². The summed E-state index contributed by atoms with van der Waals surface area (Å²) < 4.78 is 8.13. The Kier molecular flexibility index (Phi) is 4.55. The third-order valence-electron chi connectivity index (χ3n) is 3.99. The van der Waals surface area contributed by atoms with Gasteiger partial charge in [-0.05, 0) is 37.1 Å². The first-order valence-corrected chi connectivity index (χ1v) is 9.19. The molecule has 0 amide bonds. The van der Waals surface area contributed by atoms with E-state index in [2.05, 4.69) is 43.0 Å². The average molecular weight is 456 g/mol. The molecule has 2 aromatic heterocycles. The summed E-state index contributed by atoms with van der Waals surface area (Å²) in [6.07, 6.45) is 4.25. The molecule has 0 saturated carbocycles. The van der Waals surface area contributed by atoms with Crippen molar-refractivity contribution >= 4 is 51.0 Å². The number of fused-ring (bicyclic) bond motifs is 1. The highest BCUT2D eigenvalue weighted by atomic mass is 127. The van der Waals surface area contributed by atoms with Crippen LogP contribution in [0.1, 0.15) is 12.8 Å². The van der Waals surface area contributed by atoms with Gasteiger partial charge in [-0.15, -0.1) is 0 Å². The molecule has 1 aliphatic rings. The van der Waals surface area contributed by atoms with E-state index >= 15 is 0 Å². The van der Waals surface area contributed by atoms with E-state index in [4.69, 9.17) is 16.3 Å². The van der Waals surface area contributed by atoms with Gasteiger partial charge in [0.15, 0.2) is 9.48 Å². The van der Waals surface area contributed by atoms with E-state index in [0.29, 0.717) is 8.85 Å². The third-order valence-corrected chi connectivity index (χ3v) is 4.73. The van der Waals surface area contributed by atoms with E-state index in [1.807, 2.05) is 24.3 Å². The lowest BCUT2D eigenvalue weighted by Gasteiger charge is -2.12. The predicted octanol–water partition coefficient (Wildman–Crippen LogP) is 3.66. The van der Waals surface area contributed by atoms with Crippen LogP contribution in [-0.4, -0.2) is 39.0 Å². The van der Waals surface area contributed by atoms with E-state index < -0.39 is 0 Å². The number of nitrogens with zero attached hydrogens (tertiary/aromatic N) is 4. The number of benzene rings is 1. The molecule has 1 aromatic carbocycles. The Balaban J connectivity index is 1.69. The Labute approximate surface area is 157 Å². The van der Waals surface area contributed by atoms with Gasteiger partial charge >= 0.3 is 0 Å². The van der Waals surface area contributed by atoms with Crippen LogP contribution in [0, 0.1) is 3.83 Å². The molecule has 0 aliphatic carbocycles. The lowest BCUT2D eigenvalue weighted by Crippen LogP contribution is -2.19. The minimum Gasteiger partial charge on any atom is -0.376 e. The van der Waals surface area contributed by atoms with Gasteiger partial charge in [0.2, 0.25) is 0 Å². The van der Waals surface area contributed by atoms with Crippen molar-refractivity contribution in [3.63, 3.8) is 0 Å². The summed E-state index contributed by atoms with van der Waals surface area (Å²) in [6.45, 7) is 1.59. The van der Waals surface area contributed by atoms with Crippen LogP contribution in [0.25, 0.3) is 16.7 Å². The lowest BCUT2D eigenvalue weighted by molar-refractivity contribution is 0.120. The Bertz CT molecular complexity index is 861. The van der Waals surface area contributed by atoms with Gasteiger partial charge in [-0.25, -0.2) is 14.6 Å². The van der Waals surface area contributed by atoms with E-state index in [9.17, 15) is 0 Å². The summed E-state index contributed by atoms with van der Waals surface area (Å²) in [5.74, 6) is 0.792. The molecule has 1 unspecified atom stereocenters. The second kappa shape index (κ2) is 6.81. The first-order valence-electron chi connectivity index (χ1n) is 7.73. The fourth-order valence-corrected chi connectivity index (χ4v) is 3.40. The maximum Gasteiger partial charge on any atom is 0.194 e. The highest BCUT2D eigenvalue weighted by Gasteiger charge is 2.17. The van der Waals surface area contributed by atoms with Crippen molar-refractivity contribution in [3.8, 4) is 5.69 Å². The summed E-state index contributed by atoms with van der Waals surface area (Å²) in [7, 11) is 0. The van der Waals surface area contributed by atoms with Crippen molar-refractivity contribution in [1.82, 2.24) is 19.7 Å². The summed E-state index contributed by atoms with van der Waals surface area (Å²) in [5.41, 5.74) is 1.68. The molecule has 1 aliphatic heterocycles. The largest absolute Gasteiger partial charge is 0.376 e. The Hall–Kier alpha value is -1.45. The van der Waals surface area contributed by atoms with Crippen molar-refractivity contribution < 1.29 is 4.74 Å². The van der Waals surface area contributed by atoms with Gasteiger partial charge in [0.05, 0.1) is 23.4 Å². The van der Waals surface area contributed by atoms with Gasteiger partial charge in [-0.3, -0.25) is 0 Å². The zero-order chi connectivity index (χ0) is 16.5. The second-order valence-electron chi connectivity index (χ2n) is 5.63. The topological polar surface area (TPSA) is 64.9 Å². The highest BCUT2D eigenvalue weighted by molar-refractivity contribution is 14.1. The zero-order valence-electron chi connectivity index (χ0n) is 12.7. The van der Waals surface area contributed by atoms with E-state index in [-0.39, 0.29) is 6.10 Å². The quantitative estimate of drug-likeness (QED) is 0.480. The maximum atomic E-state index is 5.97. The van der Waals surface area contributed by atoms with Crippen LogP contribution in [0.4, 0.5) is 5.82 Å². The third kappa shape index (κ3) is 3.20. The van der Waals surface area contributed by atoms with E-state index in [1.54, 1.807) is 10.9 Å². The molecule has 1 N–H and O–H groups in total. The molecule has 3 heterocycles. The summed E-state index contributed by atoms with van der Waals surface area (Å²) in [6, 6.07) is 7.52. The number of halogens is 2. The van der Waals surface area contributed by atoms with Crippen molar-refractivity contribution in [2.75, 3.05) is 18.5 Å². The van der Waals surface area contributed by atoms with Crippen LogP contribution in [0.3, 0.4) is 0 Å². The molecule has 4 rings (SSSR count). The molecule has 3 aromatic rings. The number of hydrogen-bond donors (Lipinski definition) is 1. The zero-order valence-corrected chi connectivity index (χ0v) is 15.7. The molecule has 1 saturated heterocycles. The molecule has 6 nitrogen and oxygen atoms in total. The highest BCUT2D eigenvalue weighted by Crippen LogP contribution is 2.24. The standard InChI is InChI=1S/C16H15ClIN5O/c17-10-3-5-11(6-4-10)23-15-13(9-20-23)14(21-16(18)22-15)19-8-12-2-1-7-24-12/h3-6,9,12H,1-2,7-8H2,(H,19,21,22). The number of anilines is 1. The van der Waals surface area contributed by atoms with Crippen LogP contribution in [0.5, 0.6) is 0 Å².